The number of rotatable bonds is 4. The fourth-order valence-electron chi connectivity index (χ4n) is 3.21. The number of aryl methyl sites for hydroxylation is 1. The van der Waals surface area contributed by atoms with E-state index < -0.39 is 23.3 Å². The molecule has 8 nitrogen and oxygen atoms in total. The Balaban J connectivity index is 1.88. The average Bonchev–Trinajstić information content (AvgIpc) is 3.17. The molecule has 2 aromatic heterocycles. The summed E-state index contributed by atoms with van der Waals surface area (Å²) in [5.41, 5.74) is 0.395. The van der Waals surface area contributed by atoms with Gasteiger partial charge >= 0.3 is 5.97 Å². The summed E-state index contributed by atoms with van der Waals surface area (Å²) in [6.45, 7) is 1.97. The number of nitrogens with zero attached hydrogens (tertiary/aromatic N) is 3. The van der Waals surface area contributed by atoms with Gasteiger partial charge in [0, 0.05) is 11.8 Å². The number of amides is 2. The number of methoxy groups -OCH3 is 1. The van der Waals surface area contributed by atoms with Crippen molar-refractivity contribution in [1.82, 2.24) is 9.38 Å². The van der Waals surface area contributed by atoms with E-state index in [0.29, 0.717) is 17.1 Å². The second-order valence-corrected chi connectivity index (χ2v) is 7.17. The van der Waals surface area contributed by atoms with Gasteiger partial charge in [-0.15, -0.1) is 0 Å². The first-order valence-corrected chi connectivity index (χ1v) is 9.41. The number of carbonyl (C=O) groups is 3. The summed E-state index contributed by atoms with van der Waals surface area (Å²) in [5.74, 6) is -1.93. The van der Waals surface area contributed by atoms with Gasteiger partial charge in [-0.25, -0.2) is 19.1 Å². The number of hydrogen-bond acceptors (Lipinski definition) is 7. The molecule has 0 unspecified atom stereocenters. The van der Waals surface area contributed by atoms with Crippen LogP contribution in [0.2, 0.25) is 0 Å². The highest BCUT2D eigenvalue weighted by atomic mass is 32.1. The normalized spacial score (nSPS) is 13.3. The average molecular weight is 397 g/mol. The highest BCUT2D eigenvalue weighted by Gasteiger charge is 2.43. The SMILES string of the molecule is CCCc1cc(=O)n2c3c(sc2n1)C(=O)N(c1ccccc1C(=O)OC)C3=O. The number of ether oxygens (including phenoxy) is 1. The first-order valence-electron chi connectivity index (χ1n) is 8.59. The van der Waals surface area contributed by atoms with Crippen LogP contribution in [0, 0.1) is 0 Å². The van der Waals surface area contributed by atoms with Gasteiger partial charge in [-0.05, 0) is 18.6 Å². The number of para-hydroxylation sites is 1. The maximum absolute atomic E-state index is 13.1. The van der Waals surface area contributed by atoms with Gasteiger partial charge < -0.3 is 4.74 Å². The number of imide groups is 1. The Morgan fingerprint density at radius 2 is 1.93 bits per heavy atom. The van der Waals surface area contributed by atoms with E-state index >= 15 is 0 Å². The zero-order valence-corrected chi connectivity index (χ0v) is 15.9. The third kappa shape index (κ3) is 2.55. The molecule has 0 radical (unpaired) electrons. The molecule has 0 saturated heterocycles. The Hall–Kier alpha value is -3.33. The molecule has 1 aromatic carbocycles. The fourth-order valence-corrected chi connectivity index (χ4v) is 4.29. The minimum atomic E-state index is -0.672. The maximum atomic E-state index is 13.1. The topological polar surface area (TPSA) is 98.1 Å². The van der Waals surface area contributed by atoms with Gasteiger partial charge in [0.2, 0.25) is 0 Å². The standard InChI is InChI=1S/C19H15N3O5S/c1-3-6-10-9-13(23)22-14-15(28-19(22)20-10)17(25)21(16(14)24)12-8-5-4-7-11(12)18(26)27-2/h4-5,7-9H,3,6H2,1-2H3. The molecule has 28 heavy (non-hydrogen) atoms. The van der Waals surface area contributed by atoms with E-state index in [4.69, 9.17) is 4.74 Å². The number of esters is 1. The number of fused-ring (bicyclic) bond motifs is 3. The van der Waals surface area contributed by atoms with Crippen LogP contribution in [0.5, 0.6) is 0 Å². The van der Waals surface area contributed by atoms with Crippen LogP contribution in [0.25, 0.3) is 4.96 Å². The van der Waals surface area contributed by atoms with Crippen LogP contribution in [0.1, 0.15) is 49.6 Å². The van der Waals surface area contributed by atoms with Gasteiger partial charge in [0.1, 0.15) is 10.6 Å². The molecule has 0 bridgehead atoms. The van der Waals surface area contributed by atoms with Crippen LogP contribution in [-0.4, -0.2) is 34.3 Å². The van der Waals surface area contributed by atoms with E-state index in [0.717, 1.165) is 22.7 Å². The minimum absolute atomic E-state index is 0.0229. The molecule has 9 heteroatoms. The summed E-state index contributed by atoms with van der Waals surface area (Å²) < 4.78 is 5.91. The first kappa shape index (κ1) is 18.1. The van der Waals surface area contributed by atoms with Crippen LogP contribution < -0.4 is 10.5 Å². The highest BCUT2D eigenvalue weighted by Crippen LogP contribution is 2.34. The van der Waals surface area contributed by atoms with E-state index in [1.54, 1.807) is 12.1 Å². The number of anilines is 1. The molecule has 0 atom stereocenters. The third-order valence-electron chi connectivity index (χ3n) is 4.43. The summed E-state index contributed by atoms with van der Waals surface area (Å²) in [6, 6.07) is 7.55. The lowest BCUT2D eigenvalue weighted by Crippen LogP contribution is -2.32. The molecule has 1 aliphatic heterocycles. The van der Waals surface area contributed by atoms with Crippen molar-refractivity contribution in [3.05, 3.63) is 62.5 Å². The molecule has 0 saturated carbocycles. The monoisotopic (exact) mass is 397 g/mol. The summed E-state index contributed by atoms with van der Waals surface area (Å²) in [7, 11) is 1.22. The molecular formula is C19H15N3O5S. The second-order valence-electron chi connectivity index (χ2n) is 6.19. The molecule has 3 aromatic rings. The first-order chi connectivity index (χ1) is 13.5. The Labute approximate surface area is 163 Å². The van der Waals surface area contributed by atoms with Crippen LogP contribution in [0.4, 0.5) is 5.69 Å². The smallest absolute Gasteiger partial charge is 0.339 e. The zero-order valence-electron chi connectivity index (χ0n) is 15.1. The van der Waals surface area contributed by atoms with Crippen molar-refractivity contribution in [1.29, 1.82) is 0 Å². The lowest BCUT2D eigenvalue weighted by molar-refractivity contribution is 0.0601. The molecule has 3 heterocycles. The number of benzene rings is 1. The van der Waals surface area contributed by atoms with Gasteiger partial charge in [-0.1, -0.05) is 36.8 Å². The second kappa shape index (κ2) is 6.68. The number of carbonyl (C=O) groups excluding carboxylic acids is 3. The maximum Gasteiger partial charge on any atom is 0.339 e. The molecule has 4 rings (SSSR count). The van der Waals surface area contributed by atoms with Crippen LogP contribution in [0.15, 0.2) is 35.1 Å². The van der Waals surface area contributed by atoms with E-state index in [1.165, 1.54) is 29.7 Å². The molecule has 0 fully saturated rings. The van der Waals surface area contributed by atoms with Crippen LogP contribution in [0.3, 0.4) is 0 Å². The molecular weight excluding hydrogens is 382 g/mol. The molecule has 2 amide bonds. The Morgan fingerprint density at radius 3 is 2.64 bits per heavy atom. The third-order valence-corrected chi connectivity index (χ3v) is 5.46. The summed E-state index contributed by atoms with van der Waals surface area (Å²) in [5, 5.41) is 0. The summed E-state index contributed by atoms with van der Waals surface area (Å²) in [4.78, 5) is 56.4. The van der Waals surface area contributed by atoms with Gasteiger partial charge in [-0.3, -0.25) is 14.4 Å². The van der Waals surface area contributed by atoms with E-state index in [2.05, 4.69) is 4.98 Å². The fraction of sp³-hybridized carbons (Fsp3) is 0.211. The number of hydrogen-bond donors (Lipinski definition) is 0. The Kier molecular flexibility index (Phi) is 4.31. The summed E-state index contributed by atoms with van der Waals surface area (Å²) in [6.07, 6.45) is 1.46. The van der Waals surface area contributed by atoms with Crippen molar-refractivity contribution in [3.8, 4) is 0 Å². The Morgan fingerprint density at radius 1 is 1.18 bits per heavy atom. The molecule has 0 aliphatic carbocycles. The lowest BCUT2D eigenvalue weighted by Gasteiger charge is -2.17. The van der Waals surface area contributed by atoms with Crippen molar-refractivity contribution in [3.63, 3.8) is 0 Å². The quantitative estimate of drug-likeness (QED) is 0.495. The van der Waals surface area contributed by atoms with Crippen molar-refractivity contribution >= 4 is 39.8 Å². The van der Waals surface area contributed by atoms with Crippen molar-refractivity contribution < 1.29 is 19.1 Å². The number of aromatic nitrogens is 2. The molecule has 0 spiro atoms. The van der Waals surface area contributed by atoms with Crippen molar-refractivity contribution in [2.45, 2.75) is 19.8 Å². The van der Waals surface area contributed by atoms with Crippen molar-refractivity contribution in [2.24, 2.45) is 0 Å². The lowest BCUT2D eigenvalue weighted by atomic mass is 10.1. The van der Waals surface area contributed by atoms with Gasteiger partial charge in [-0.2, -0.15) is 0 Å². The van der Waals surface area contributed by atoms with E-state index in [9.17, 15) is 19.2 Å². The van der Waals surface area contributed by atoms with Crippen LogP contribution in [-0.2, 0) is 11.2 Å². The van der Waals surface area contributed by atoms with E-state index in [1.807, 2.05) is 6.92 Å². The van der Waals surface area contributed by atoms with E-state index in [-0.39, 0.29) is 21.8 Å². The van der Waals surface area contributed by atoms with Gasteiger partial charge in [0.15, 0.2) is 4.96 Å². The Bertz CT molecular complexity index is 1210. The molecule has 1 aliphatic rings. The van der Waals surface area contributed by atoms with Crippen molar-refractivity contribution in [2.75, 3.05) is 12.0 Å². The largest absolute Gasteiger partial charge is 0.465 e. The van der Waals surface area contributed by atoms with Crippen LogP contribution >= 0.6 is 11.3 Å². The zero-order chi connectivity index (χ0) is 20.0. The molecule has 0 N–H and O–H groups in total. The summed E-state index contributed by atoms with van der Waals surface area (Å²) >= 11 is 0.994. The van der Waals surface area contributed by atoms with Gasteiger partial charge in [0.25, 0.3) is 17.4 Å². The predicted octanol–water partition coefficient (Wildman–Crippen LogP) is 2.30. The van der Waals surface area contributed by atoms with Gasteiger partial charge in [0.05, 0.1) is 18.4 Å². The predicted molar refractivity (Wildman–Crippen MR) is 102 cm³/mol. The molecule has 142 valence electrons. The highest BCUT2D eigenvalue weighted by molar-refractivity contribution is 7.19. The minimum Gasteiger partial charge on any atom is -0.465 e. The number of thiazole rings is 1.